The number of hydrogen-bond acceptors (Lipinski definition) is 6. The maximum absolute atomic E-state index is 11.6. The molecule has 1 saturated heterocycles. The maximum Gasteiger partial charge on any atom is 0.247 e. The highest BCUT2D eigenvalue weighted by Gasteiger charge is 2.20. The van der Waals surface area contributed by atoms with Gasteiger partial charge in [-0.3, -0.25) is 4.79 Å². The molecule has 36 heavy (non-hydrogen) atoms. The lowest BCUT2D eigenvalue weighted by atomic mass is 9.89. The molecule has 4 aromatic rings. The summed E-state index contributed by atoms with van der Waals surface area (Å²) in [6.07, 6.45) is 5.23. The molecule has 1 fully saturated rings. The Morgan fingerprint density at radius 2 is 2.00 bits per heavy atom. The van der Waals surface area contributed by atoms with Crippen molar-refractivity contribution in [3.63, 3.8) is 0 Å². The number of benzene rings is 2. The highest BCUT2D eigenvalue weighted by atomic mass is 35.5. The van der Waals surface area contributed by atoms with Crippen molar-refractivity contribution in [2.24, 2.45) is 0 Å². The number of hydrogen-bond donors (Lipinski definition) is 2. The second-order valence-corrected chi connectivity index (χ2v) is 10.4. The molecule has 184 valence electrons. The molecule has 1 amide bonds. The highest BCUT2D eigenvalue weighted by molar-refractivity contribution is 7.22. The number of piperidine rings is 1. The third-order valence-corrected chi connectivity index (χ3v) is 7.68. The predicted molar refractivity (Wildman–Crippen MR) is 149 cm³/mol. The van der Waals surface area contributed by atoms with Gasteiger partial charge in [0.1, 0.15) is 5.75 Å². The highest BCUT2D eigenvalue weighted by Crippen LogP contribution is 2.39. The molecule has 2 aromatic carbocycles. The summed E-state index contributed by atoms with van der Waals surface area (Å²) in [4.78, 5) is 18.4. The lowest BCUT2D eigenvalue weighted by Crippen LogP contribution is -2.29. The fourth-order valence-electron chi connectivity index (χ4n) is 4.42. The lowest BCUT2D eigenvalue weighted by Gasteiger charge is -2.29. The molecule has 0 bridgehead atoms. The Morgan fingerprint density at radius 3 is 2.78 bits per heavy atom. The summed E-state index contributed by atoms with van der Waals surface area (Å²) < 4.78 is 7.14. The maximum atomic E-state index is 11.6. The summed E-state index contributed by atoms with van der Waals surface area (Å²) in [6.45, 7) is 5.69. The van der Waals surface area contributed by atoms with Crippen LogP contribution in [0.5, 0.6) is 11.6 Å². The van der Waals surface area contributed by atoms with Crippen molar-refractivity contribution in [3.05, 3.63) is 84.0 Å². The van der Waals surface area contributed by atoms with Gasteiger partial charge in [0.15, 0.2) is 0 Å². The van der Waals surface area contributed by atoms with Crippen molar-refractivity contribution >= 4 is 55.3 Å². The molecule has 2 aromatic heterocycles. The van der Waals surface area contributed by atoms with E-state index in [0.717, 1.165) is 51.7 Å². The molecule has 0 spiro atoms. The monoisotopic (exact) mass is 518 g/mol. The Kier molecular flexibility index (Phi) is 7.23. The number of thiophene rings is 1. The molecule has 6 nitrogen and oxygen atoms in total. The van der Waals surface area contributed by atoms with Crippen LogP contribution in [0.15, 0.2) is 73.4 Å². The number of carbonyl (C=O) groups excluding carboxylic acids is 1. The van der Waals surface area contributed by atoms with E-state index in [1.807, 2.05) is 30.3 Å². The minimum absolute atomic E-state index is 0.277. The topological polar surface area (TPSA) is 66.5 Å². The fourth-order valence-corrected chi connectivity index (χ4v) is 5.72. The van der Waals surface area contributed by atoms with E-state index in [1.54, 1.807) is 29.7 Å². The van der Waals surface area contributed by atoms with Crippen LogP contribution in [0.3, 0.4) is 0 Å². The van der Waals surface area contributed by atoms with Crippen LogP contribution in [0.25, 0.3) is 10.1 Å². The van der Waals surface area contributed by atoms with Crippen molar-refractivity contribution in [2.45, 2.75) is 18.8 Å². The first-order chi connectivity index (χ1) is 17.5. The number of pyridine rings is 1. The van der Waals surface area contributed by atoms with Gasteiger partial charge in [0.2, 0.25) is 11.8 Å². The third-order valence-electron chi connectivity index (χ3n) is 6.34. The zero-order valence-corrected chi connectivity index (χ0v) is 21.5. The zero-order valence-electron chi connectivity index (χ0n) is 20.0. The minimum Gasteiger partial charge on any atom is -0.438 e. The summed E-state index contributed by atoms with van der Waals surface area (Å²) in [6, 6.07) is 17.4. The molecule has 1 aliphatic rings. The predicted octanol–water partition coefficient (Wildman–Crippen LogP) is 7.42. The van der Waals surface area contributed by atoms with E-state index in [9.17, 15) is 4.79 Å². The second kappa shape index (κ2) is 10.7. The van der Waals surface area contributed by atoms with Crippen LogP contribution in [0.1, 0.15) is 24.3 Å². The van der Waals surface area contributed by atoms with E-state index in [2.05, 4.69) is 46.3 Å². The molecule has 0 atom stereocenters. The van der Waals surface area contributed by atoms with Gasteiger partial charge in [-0.05, 0) is 86.9 Å². The first-order valence-electron chi connectivity index (χ1n) is 11.8. The molecule has 3 heterocycles. The second-order valence-electron chi connectivity index (χ2n) is 8.90. The van der Waals surface area contributed by atoms with Crippen molar-refractivity contribution in [1.29, 1.82) is 0 Å². The van der Waals surface area contributed by atoms with E-state index >= 15 is 0 Å². The summed E-state index contributed by atoms with van der Waals surface area (Å²) in [7, 11) is 2.17. The number of aromatic nitrogens is 1. The molecule has 0 radical (unpaired) electrons. The van der Waals surface area contributed by atoms with E-state index < -0.39 is 0 Å². The Morgan fingerprint density at radius 1 is 1.17 bits per heavy atom. The number of likely N-dealkylation sites (tertiary alicyclic amines) is 1. The van der Waals surface area contributed by atoms with Gasteiger partial charge in [-0.1, -0.05) is 30.3 Å². The van der Waals surface area contributed by atoms with Crippen LogP contribution in [-0.4, -0.2) is 35.9 Å². The molecule has 1 aliphatic heterocycles. The van der Waals surface area contributed by atoms with E-state index in [4.69, 9.17) is 16.3 Å². The minimum atomic E-state index is -0.277. The van der Waals surface area contributed by atoms with Gasteiger partial charge in [0, 0.05) is 33.4 Å². The number of carbonyl (C=O) groups is 1. The number of halogens is 1. The zero-order chi connectivity index (χ0) is 25.1. The lowest BCUT2D eigenvalue weighted by molar-refractivity contribution is -0.111. The Balaban J connectivity index is 1.33. The van der Waals surface area contributed by atoms with Gasteiger partial charge in [-0.25, -0.2) is 4.98 Å². The number of amides is 1. The Bertz CT molecular complexity index is 1410. The fraction of sp³-hybridized carbons (Fsp3) is 0.214. The summed E-state index contributed by atoms with van der Waals surface area (Å²) in [5.41, 5.74) is 2.81. The SMILES string of the molecule is C=CC(=O)Nc1cccc(Oc2nccc3sc(Nc4ccc(C5CCN(C)CC5)c(Cl)c4)cc23)c1. The summed E-state index contributed by atoms with van der Waals surface area (Å²) >= 11 is 8.32. The molecule has 8 heteroatoms. The number of nitrogens with zero attached hydrogens (tertiary/aromatic N) is 2. The van der Waals surface area contributed by atoms with Crippen molar-refractivity contribution in [2.75, 3.05) is 30.8 Å². The number of fused-ring (bicyclic) bond motifs is 1. The molecule has 0 unspecified atom stereocenters. The van der Waals surface area contributed by atoms with Crippen LogP contribution in [-0.2, 0) is 4.79 Å². The summed E-state index contributed by atoms with van der Waals surface area (Å²) in [5.74, 6) is 1.32. The Labute approximate surface area is 219 Å². The number of rotatable bonds is 7. The normalized spacial score (nSPS) is 14.5. The smallest absolute Gasteiger partial charge is 0.247 e. The number of ether oxygens (including phenoxy) is 1. The van der Waals surface area contributed by atoms with Gasteiger partial charge < -0.3 is 20.3 Å². The van der Waals surface area contributed by atoms with Crippen molar-refractivity contribution in [3.8, 4) is 11.6 Å². The van der Waals surface area contributed by atoms with E-state index in [1.165, 1.54) is 11.6 Å². The van der Waals surface area contributed by atoms with E-state index in [0.29, 0.717) is 23.2 Å². The van der Waals surface area contributed by atoms with Crippen molar-refractivity contribution < 1.29 is 9.53 Å². The van der Waals surface area contributed by atoms with Gasteiger partial charge in [0.25, 0.3) is 0 Å². The molecule has 5 rings (SSSR count). The third kappa shape index (κ3) is 5.54. The molecular weight excluding hydrogens is 492 g/mol. The molecule has 0 saturated carbocycles. The average Bonchev–Trinajstić information content (AvgIpc) is 3.28. The average molecular weight is 519 g/mol. The van der Waals surface area contributed by atoms with Crippen LogP contribution in [0.4, 0.5) is 16.4 Å². The largest absolute Gasteiger partial charge is 0.438 e. The van der Waals surface area contributed by atoms with Crippen LogP contribution >= 0.6 is 22.9 Å². The standard InChI is InChI=1S/C28H27ClN4O2S/c1-3-26(34)31-19-5-4-6-21(15-19)35-28-23-17-27(36-25(23)9-12-30-28)32-20-7-8-22(24(29)16-20)18-10-13-33(2)14-11-18/h3-9,12,15-18,32H,1,10-11,13-14H2,2H3,(H,31,34). The van der Waals surface area contributed by atoms with Crippen LogP contribution in [0, 0.1) is 0 Å². The number of anilines is 3. The molecular formula is C28H27ClN4O2S. The van der Waals surface area contributed by atoms with Gasteiger partial charge in [-0.2, -0.15) is 0 Å². The van der Waals surface area contributed by atoms with Gasteiger partial charge >= 0.3 is 0 Å². The van der Waals surface area contributed by atoms with Gasteiger partial charge in [0.05, 0.1) is 10.4 Å². The van der Waals surface area contributed by atoms with Crippen LogP contribution in [0.2, 0.25) is 5.02 Å². The van der Waals surface area contributed by atoms with Crippen LogP contribution < -0.4 is 15.4 Å². The molecule has 2 N–H and O–H groups in total. The number of nitrogens with one attached hydrogen (secondary N) is 2. The Hall–Kier alpha value is -3.39. The van der Waals surface area contributed by atoms with Gasteiger partial charge in [-0.15, -0.1) is 11.3 Å². The van der Waals surface area contributed by atoms with Crippen molar-refractivity contribution in [1.82, 2.24) is 9.88 Å². The first kappa shape index (κ1) is 24.3. The first-order valence-corrected chi connectivity index (χ1v) is 13.0. The summed E-state index contributed by atoms with van der Waals surface area (Å²) in [5, 5.41) is 8.91. The quantitative estimate of drug-likeness (QED) is 0.249. The molecule has 0 aliphatic carbocycles. The van der Waals surface area contributed by atoms with E-state index in [-0.39, 0.29) is 5.91 Å².